The predicted octanol–water partition coefficient (Wildman–Crippen LogP) is 3.38. The van der Waals surface area contributed by atoms with Gasteiger partial charge in [-0.05, 0) is 53.8 Å². The van der Waals surface area contributed by atoms with Crippen LogP contribution in [0.25, 0.3) is 0 Å². The predicted molar refractivity (Wildman–Crippen MR) is 132 cm³/mol. The second kappa shape index (κ2) is 8.69. The van der Waals surface area contributed by atoms with E-state index in [1.54, 1.807) is 11.2 Å². The molecule has 1 aromatic carbocycles. The first-order chi connectivity index (χ1) is 16.9. The highest BCUT2D eigenvalue weighted by Gasteiger charge is 2.43. The Morgan fingerprint density at radius 2 is 2.09 bits per heavy atom. The molecule has 2 fully saturated rings. The van der Waals surface area contributed by atoms with Gasteiger partial charge in [0.2, 0.25) is 0 Å². The van der Waals surface area contributed by atoms with Crippen LogP contribution in [0.2, 0.25) is 5.15 Å². The van der Waals surface area contributed by atoms with Crippen LogP contribution in [0, 0.1) is 5.92 Å². The third-order valence-corrected chi connectivity index (χ3v) is 7.81. The lowest BCUT2D eigenvalue weighted by Gasteiger charge is -2.41. The Hall–Kier alpha value is -2.81. The maximum absolute atomic E-state index is 13.5. The molecule has 3 aromatic rings. The lowest BCUT2D eigenvalue weighted by molar-refractivity contribution is -0.0611. The number of anilines is 1. The second-order valence-corrected chi connectivity index (χ2v) is 10.7. The SMILES string of the molecule is C[C@H]1CCN(Cc2cc(Cl)nc(N3Cc4ccc(C5(Cc6nncn6C)COC5)cc4C3=O)c2)C1. The van der Waals surface area contributed by atoms with Crippen molar-refractivity contribution in [1.29, 1.82) is 0 Å². The van der Waals surface area contributed by atoms with Gasteiger partial charge in [0.15, 0.2) is 0 Å². The molecule has 3 aliphatic heterocycles. The van der Waals surface area contributed by atoms with Gasteiger partial charge in [-0.25, -0.2) is 4.98 Å². The maximum Gasteiger partial charge on any atom is 0.260 e. The number of hydrogen-bond acceptors (Lipinski definition) is 6. The number of benzene rings is 1. The average molecular weight is 493 g/mol. The van der Waals surface area contributed by atoms with Crippen molar-refractivity contribution in [3.05, 3.63) is 69.9 Å². The van der Waals surface area contributed by atoms with Crippen LogP contribution in [0.1, 0.15) is 46.2 Å². The molecule has 2 saturated heterocycles. The molecule has 0 spiro atoms. The van der Waals surface area contributed by atoms with Crippen LogP contribution in [0.4, 0.5) is 5.82 Å². The van der Waals surface area contributed by atoms with Crippen molar-refractivity contribution in [3.8, 4) is 0 Å². The number of likely N-dealkylation sites (tertiary alicyclic amines) is 1. The molecule has 6 rings (SSSR count). The van der Waals surface area contributed by atoms with Crippen LogP contribution >= 0.6 is 11.6 Å². The third-order valence-electron chi connectivity index (χ3n) is 7.62. The summed E-state index contributed by atoms with van der Waals surface area (Å²) in [5, 5.41) is 8.69. The third kappa shape index (κ3) is 4.13. The highest BCUT2D eigenvalue weighted by Crippen LogP contribution is 2.38. The van der Waals surface area contributed by atoms with Gasteiger partial charge in [-0.2, -0.15) is 0 Å². The molecule has 0 bridgehead atoms. The number of fused-ring (bicyclic) bond motifs is 1. The molecule has 3 aliphatic rings. The van der Waals surface area contributed by atoms with E-state index in [4.69, 9.17) is 16.3 Å². The summed E-state index contributed by atoms with van der Waals surface area (Å²) in [5.74, 6) is 2.20. The fourth-order valence-electron chi connectivity index (χ4n) is 5.50. The lowest BCUT2D eigenvalue weighted by Crippen LogP contribution is -2.49. The van der Waals surface area contributed by atoms with Crippen molar-refractivity contribution in [3.63, 3.8) is 0 Å². The van der Waals surface area contributed by atoms with Gasteiger partial charge in [-0.1, -0.05) is 30.7 Å². The quantitative estimate of drug-likeness (QED) is 0.491. The highest BCUT2D eigenvalue weighted by molar-refractivity contribution is 6.29. The minimum atomic E-state index is -0.197. The van der Waals surface area contributed by atoms with Crippen molar-refractivity contribution in [2.24, 2.45) is 13.0 Å². The fraction of sp³-hybridized carbons (Fsp3) is 0.462. The Labute approximate surface area is 209 Å². The molecule has 2 aromatic heterocycles. The minimum absolute atomic E-state index is 0.0357. The number of ether oxygens (including phenoxy) is 1. The van der Waals surface area contributed by atoms with Crippen molar-refractivity contribution >= 4 is 23.3 Å². The number of hydrogen-bond donors (Lipinski definition) is 0. The summed E-state index contributed by atoms with van der Waals surface area (Å²) in [6, 6.07) is 10.1. The summed E-state index contributed by atoms with van der Waals surface area (Å²) in [7, 11) is 1.95. The van der Waals surface area contributed by atoms with Crippen molar-refractivity contribution in [1.82, 2.24) is 24.6 Å². The Morgan fingerprint density at radius 1 is 1.23 bits per heavy atom. The van der Waals surface area contributed by atoms with E-state index in [9.17, 15) is 4.79 Å². The molecule has 8 nitrogen and oxygen atoms in total. The Kier molecular flexibility index (Phi) is 5.62. The van der Waals surface area contributed by atoms with E-state index >= 15 is 0 Å². The van der Waals surface area contributed by atoms with E-state index in [-0.39, 0.29) is 11.3 Å². The van der Waals surface area contributed by atoms with E-state index in [0.29, 0.717) is 43.1 Å². The van der Waals surface area contributed by atoms with Gasteiger partial charge in [0.25, 0.3) is 5.91 Å². The number of rotatable bonds is 6. The van der Waals surface area contributed by atoms with Crippen LogP contribution in [0.3, 0.4) is 0 Å². The van der Waals surface area contributed by atoms with Gasteiger partial charge in [0.1, 0.15) is 23.1 Å². The summed E-state index contributed by atoms with van der Waals surface area (Å²) in [4.78, 5) is 22.2. The average Bonchev–Trinajstić information content (AvgIpc) is 3.49. The largest absolute Gasteiger partial charge is 0.379 e. The molecular formula is C26H29ClN6O2. The first kappa shape index (κ1) is 22.6. The smallest absolute Gasteiger partial charge is 0.260 e. The molecule has 182 valence electrons. The van der Waals surface area contributed by atoms with Gasteiger partial charge in [-0.15, -0.1) is 10.2 Å². The topological polar surface area (TPSA) is 76.4 Å². The number of aryl methyl sites for hydroxylation is 1. The summed E-state index contributed by atoms with van der Waals surface area (Å²) >= 11 is 6.40. The Morgan fingerprint density at radius 3 is 2.77 bits per heavy atom. The number of carbonyl (C=O) groups is 1. The van der Waals surface area contributed by atoms with Crippen molar-refractivity contribution in [2.45, 2.75) is 38.3 Å². The zero-order valence-electron chi connectivity index (χ0n) is 20.1. The summed E-state index contributed by atoms with van der Waals surface area (Å²) < 4.78 is 7.56. The van der Waals surface area contributed by atoms with E-state index in [1.807, 2.05) is 29.8 Å². The van der Waals surface area contributed by atoms with Gasteiger partial charge in [-0.3, -0.25) is 14.6 Å². The Balaban J connectivity index is 1.25. The molecule has 5 heterocycles. The first-order valence-electron chi connectivity index (χ1n) is 12.1. The van der Waals surface area contributed by atoms with Crippen LogP contribution in [0.15, 0.2) is 36.7 Å². The van der Waals surface area contributed by atoms with Crippen molar-refractivity contribution in [2.75, 3.05) is 31.2 Å². The van der Waals surface area contributed by atoms with E-state index in [1.165, 1.54) is 6.42 Å². The standard InChI is InChI=1S/C26H29ClN6O2/c1-17-5-6-32(11-17)12-18-7-22(27)29-23(8-18)33-13-19-3-4-20(9-21(19)25(33)34)26(14-35-15-26)10-24-30-28-16-31(24)2/h3-4,7-9,16-17H,5-6,10-15H2,1-2H3/t17-/m0/s1. The molecule has 0 aliphatic carbocycles. The van der Waals surface area contributed by atoms with Gasteiger partial charge < -0.3 is 9.30 Å². The van der Waals surface area contributed by atoms with Crippen LogP contribution in [0.5, 0.6) is 0 Å². The van der Waals surface area contributed by atoms with E-state index in [2.05, 4.69) is 39.1 Å². The fourth-order valence-corrected chi connectivity index (χ4v) is 5.72. The number of amides is 1. The molecule has 0 unspecified atom stereocenters. The van der Waals surface area contributed by atoms with Crippen LogP contribution in [-0.2, 0) is 36.7 Å². The summed E-state index contributed by atoms with van der Waals surface area (Å²) in [6.07, 6.45) is 3.65. The monoisotopic (exact) mass is 492 g/mol. The molecule has 9 heteroatoms. The number of pyridine rings is 1. The molecule has 0 N–H and O–H groups in total. The highest BCUT2D eigenvalue weighted by atomic mass is 35.5. The van der Waals surface area contributed by atoms with Crippen LogP contribution in [-0.4, -0.2) is 56.9 Å². The number of aromatic nitrogens is 4. The lowest BCUT2D eigenvalue weighted by atomic mass is 9.75. The summed E-state index contributed by atoms with van der Waals surface area (Å²) in [6.45, 7) is 6.99. The molecular weight excluding hydrogens is 464 g/mol. The number of halogens is 1. The summed E-state index contributed by atoms with van der Waals surface area (Å²) in [5.41, 5.74) is 3.72. The molecule has 1 amide bonds. The molecule has 0 radical (unpaired) electrons. The molecule has 0 saturated carbocycles. The molecule has 35 heavy (non-hydrogen) atoms. The second-order valence-electron chi connectivity index (χ2n) is 10.4. The Bertz CT molecular complexity index is 1290. The van der Waals surface area contributed by atoms with Gasteiger partial charge in [0, 0.05) is 37.5 Å². The number of carbonyl (C=O) groups excluding carboxylic acids is 1. The zero-order chi connectivity index (χ0) is 24.2. The van der Waals surface area contributed by atoms with E-state index in [0.717, 1.165) is 47.7 Å². The number of nitrogens with zero attached hydrogens (tertiary/aromatic N) is 6. The van der Waals surface area contributed by atoms with Gasteiger partial charge in [0.05, 0.1) is 19.8 Å². The van der Waals surface area contributed by atoms with Crippen molar-refractivity contribution < 1.29 is 9.53 Å². The minimum Gasteiger partial charge on any atom is -0.379 e. The van der Waals surface area contributed by atoms with Gasteiger partial charge >= 0.3 is 0 Å². The van der Waals surface area contributed by atoms with Crippen LogP contribution < -0.4 is 4.90 Å². The maximum atomic E-state index is 13.5. The normalized spacial score (nSPS) is 21.4. The zero-order valence-corrected chi connectivity index (χ0v) is 20.8. The van der Waals surface area contributed by atoms with E-state index < -0.39 is 0 Å². The first-order valence-corrected chi connectivity index (χ1v) is 12.5. The molecule has 1 atom stereocenters.